The largest absolute Gasteiger partial charge is 0.481 e. The minimum atomic E-state index is -0.916. The van der Waals surface area contributed by atoms with Crippen molar-refractivity contribution in [2.24, 2.45) is 0 Å². The summed E-state index contributed by atoms with van der Waals surface area (Å²) in [5.74, 6) is -0.916. The first-order chi connectivity index (χ1) is 10.0. The number of hydrogen-bond donors (Lipinski definition) is 3. The smallest absolute Gasteiger partial charge is 0.314 e. The Bertz CT molecular complexity index is 512. The molecule has 1 aromatic carbocycles. The fourth-order valence-corrected chi connectivity index (χ4v) is 2.83. The molecule has 0 atom stereocenters. The van der Waals surface area contributed by atoms with E-state index in [1.807, 2.05) is 12.1 Å². The molecule has 0 aliphatic heterocycles. The topological polar surface area (TPSA) is 78.4 Å². The predicted molar refractivity (Wildman–Crippen MR) is 83.3 cm³/mol. The molecule has 6 heteroatoms. The zero-order valence-electron chi connectivity index (χ0n) is 11.7. The highest BCUT2D eigenvalue weighted by Crippen LogP contribution is 2.43. The van der Waals surface area contributed by atoms with Gasteiger partial charge < -0.3 is 15.7 Å². The van der Waals surface area contributed by atoms with E-state index in [-0.39, 0.29) is 24.4 Å². The van der Waals surface area contributed by atoms with E-state index >= 15 is 0 Å². The molecule has 1 saturated carbocycles. The van der Waals surface area contributed by atoms with Gasteiger partial charge in [0.05, 0.1) is 6.42 Å². The van der Waals surface area contributed by atoms with Gasteiger partial charge in [0.25, 0.3) is 0 Å². The van der Waals surface area contributed by atoms with Crippen molar-refractivity contribution < 1.29 is 14.7 Å². The molecule has 1 aliphatic rings. The fourth-order valence-electron chi connectivity index (χ4n) is 2.57. The number of urea groups is 1. The van der Waals surface area contributed by atoms with Crippen molar-refractivity contribution in [1.82, 2.24) is 10.6 Å². The summed E-state index contributed by atoms with van der Waals surface area (Å²) in [6, 6.07) is 7.91. The first-order valence-corrected chi connectivity index (χ1v) is 7.81. The van der Waals surface area contributed by atoms with Crippen LogP contribution >= 0.6 is 15.9 Å². The molecule has 3 N–H and O–H groups in total. The number of halogens is 1. The van der Waals surface area contributed by atoms with Crippen LogP contribution in [0.1, 0.15) is 31.2 Å². The van der Waals surface area contributed by atoms with Gasteiger partial charge in [-0.1, -0.05) is 34.5 Å². The van der Waals surface area contributed by atoms with Crippen LogP contribution in [0.25, 0.3) is 0 Å². The summed E-state index contributed by atoms with van der Waals surface area (Å²) < 4.78 is 1.04. The minimum absolute atomic E-state index is 0.0187. The van der Waals surface area contributed by atoms with Gasteiger partial charge in [0.15, 0.2) is 0 Å². The molecule has 2 rings (SSSR count). The normalized spacial score (nSPS) is 15.9. The van der Waals surface area contributed by atoms with Gasteiger partial charge in [-0.15, -0.1) is 0 Å². The molecule has 1 aliphatic carbocycles. The number of aliphatic carboxylic acids is 1. The lowest BCUT2D eigenvalue weighted by Crippen LogP contribution is -2.48. The lowest BCUT2D eigenvalue weighted by molar-refractivity contribution is -0.136. The average molecular weight is 355 g/mol. The molecule has 0 heterocycles. The highest BCUT2D eigenvalue weighted by atomic mass is 79.9. The van der Waals surface area contributed by atoms with Gasteiger partial charge in [-0.25, -0.2) is 4.79 Å². The van der Waals surface area contributed by atoms with E-state index in [4.69, 9.17) is 5.11 Å². The molecule has 0 unspecified atom stereocenters. The lowest BCUT2D eigenvalue weighted by atomic mass is 9.64. The molecule has 2 amide bonds. The van der Waals surface area contributed by atoms with E-state index in [0.717, 1.165) is 17.3 Å². The number of carbonyl (C=O) groups is 2. The van der Waals surface area contributed by atoms with Crippen molar-refractivity contribution >= 4 is 27.9 Å². The summed E-state index contributed by atoms with van der Waals surface area (Å²) in [6.45, 7) is 0.722. The van der Waals surface area contributed by atoms with Crippen LogP contribution in [0, 0.1) is 0 Å². The second-order valence-corrected chi connectivity index (χ2v) is 6.31. The third-order valence-corrected chi connectivity index (χ3v) is 4.51. The fraction of sp³-hybridized carbons (Fsp3) is 0.467. The second kappa shape index (κ2) is 6.93. The molecule has 0 aromatic heterocycles. The minimum Gasteiger partial charge on any atom is -0.481 e. The molecular formula is C15H19BrN2O3. The average Bonchev–Trinajstić information content (AvgIpc) is 2.39. The van der Waals surface area contributed by atoms with Gasteiger partial charge in [-0.05, 0) is 30.5 Å². The Kier molecular flexibility index (Phi) is 5.22. The maximum Gasteiger partial charge on any atom is 0.314 e. The quantitative estimate of drug-likeness (QED) is 0.734. The van der Waals surface area contributed by atoms with Crippen LogP contribution in [0.3, 0.4) is 0 Å². The van der Waals surface area contributed by atoms with Crippen molar-refractivity contribution in [3.8, 4) is 0 Å². The van der Waals surface area contributed by atoms with Gasteiger partial charge in [0.2, 0.25) is 0 Å². The summed E-state index contributed by atoms with van der Waals surface area (Å²) in [4.78, 5) is 22.1. The van der Waals surface area contributed by atoms with Gasteiger partial charge in [0, 0.05) is 23.0 Å². The number of amides is 2. The van der Waals surface area contributed by atoms with E-state index < -0.39 is 5.97 Å². The van der Waals surface area contributed by atoms with E-state index in [2.05, 4.69) is 38.7 Å². The Balaban J connectivity index is 1.86. The van der Waals surface area contributed by atoms with Crippen LogP contribution in [-0.4, -0.2) is 30.2 Å². The van der Waals surface area contributed by atoms with Gasteiger partial charge in [-0.2, -0.15) is 0 Å². The van der Waals surface area contributed by atoms with Crippen LogP contribution < -0.4 is 10.6 Å². The predicted octanol–water partition coefficient (Wildman–Crippen LogP) is 2.64. The standard InChI is InChI=1S/C15H19BrN2O3/c16-12-4-2-11(3-5-12)15(7-1-8-15)10-18-14(21)17-9-6-13(19)20/h2-5H,1,6-10H2,(H,19,20)(H2,17,18,21). The Labute approximate surface area is 132 Å². The Hall–Kier alpha value is -1.56. The summed E-state index contributed by atoms with van der Waals surface area (Å²) >= 11 is 3.43. The number of hydrogen-bond acceptors (Lipinski definition) is 2. The number of carboxylic acids is 1. The summed E-state index contributed by atoms with van der Waals surface area (Å²) in [5.41, 5.74) is 1.26. The first kappa shape index (κ1) is 15.8. The molecule has 1 fully saturated rings. The highest BCUT2D eigenvalue weighted by Gasteiger charge is 2.38. The molecular weight excluding hydrogens is 336 g/mol. The monoisotopic (exact) mass is 354 g/mol. The summed E-state index contributed by atoms with van der Waals surface area (Å²) in [6.07, 6.45) is 3.22. The molecule has 21 heavy (non-hydrogen) atoms. The van der Waals surface area contributed by atoms with Crippen molar-refractivity contribution in [3.05, 3.63) is 34.3 Å². The maximum absolute atomic E-state index is 11.7. The molecule has 114 valence electrons. The highest BCUT2D eigenvalue weighted by molar-refractivity contribution is 9.10. The number of nitrogens with one attached hydrogen (secondary N) is 2. The zero-order chi connectivity index (χ0) is 15.3. The SMILES string of the molecule is O=C(O)CCNC(=O)NCC1(c2ccc(Br)cc2)CCC1. The van der Waals surface area contributed by atoms with Crippen LogP contribution in [0.15, 0.2) is 28.7 Å². The van der Waals surface area contributed by atoms with Crippen molar-refractivity contribution in [3.63, 3.8) is 0 Å². The summed E-state index contributed by atoms with van der Waals surface area (Å²) in [7, 11) is 0. The van der Waals surface area contributed by atoms with Crippen molar-refractivity contribution in [1.29, 1.82) is 0 Å². The molecule has 0 saturated heterocycles. The Morgan fingerprint density at radius 2 is 1.86 bits per heavy atom. The van der Waals surface area contributed by atoms with E-state index in [1.165, 1.54) is 12.0 Å². The van der Waals surface area contributed by atoms with Crippen molar-refractivity contribution in [2.45, 2.75) is 31.1 Å². The number of carbonyl (C=O) groups excluding carboxylic acids is 1. The van der Waals surface area contributed by atoms with E-state index in [9.17, 15) is 9.59 Å². The first-order valence-electron chi connectivity index (χ1n) is 7.01. The molecule has 1 aromatic rings. The van der Waals surface area contributed by atoms with Crippen molar-refractivity contribution in [2.75, 3.05) is 13.1 Å². The van der Waals surface area contributed by atoms with E-state index in [1.54, 1.807) is 0 Å². The summed E-state index contributed by atoms with van der Waals surface area (Å²) in [5, 5.41) is 13.9. The Morgan fingerprint density at radius 1 is 1.19 bits per heavy atom. The third kappa shape index (κ3) is 4.20. The van der Waals surface area contributed by atoms with Crippen LogP contribution in [0.5, 0.6) is 0 Å². The van der Waals surface area contributed by atoms with Gasteiger partial charge >= 0.3 is 12.0 Å². The van der Waals surface area contributed by atoms with E-state index in [0.29, 0.717) is 6.54 Å². The molecule has 0 bridgehead atoms. The number of rotatable bonds is 6. The lowest BCUT2D eigenvalue weighted by Gasteiger charge is -2.42. The second-order valence-electron chi connectivity index (χ2n) is 5.39. The third-order valence-electron chi connectivity index (χ3n) is 3.98. The number of carboxylic acid groups (broad SMARTS) is 1. The Morgan fingerprint density at radius 3 is 2.38 bits per heavy atom. The molecule has 5 nitrogen and oxygen atoms in total. The van der Waals surface area contributed by atoms with Crippen LogP contribution in [-0.2, 0) is 10.2 Å². The number of benzene rings is 1. The molecule has 0 spiro atoms. The van der Waals surface area contributed by atoms with Gasteiger partial charge in [-0.3, -0.25) is 4.79 Å². The van der Waals surface area contributed by atoms with Crippen LogP contribution in [0.4, 0.5) is 4.79 Å². The van der Waals surface area contributed by atoms with Gasteiger partial charge in [0.1, 0.15) is 0 Å². The molecule has 0 radical (unpaired) electrons. The maximum atomic E-state index is 11.7. The zero-order valence-corrected chi connectivity index (χ0v) is 13.3. The van der Waals surface area contributed by atoms with Crippen LogP contribution in [0.2, 0.25) is 0 Å².